The number of hydrogen-bond donors (Lipinski definition) is 0. The second-order valence-electron chi connectivity index (χ2n) is 7.38. The Hall–Kier alpha value is 0.460. The van der Waals surface area contributed by atoms with E-state index in [1.165, 1.54) is 64.2 Å². The highest BCUT2D eigenvalue weighted by Crippen LogP contribution is 2.34. The van der Waals surface area contributed by atoms with Crippen LogP contribution in [-0.2, 0) is 11.4 Å². The molecule has 1 rings (SSSR count). The van der Waals surface area contributed by atoms with Crippen molar-refractivity contribution in [1.82, 2.24) is 0 Å². The Labute approximate surface area is 155 Å². The number of nitrogens with zero attached hydrogens (tertiary/aromatic N) is 1. The van der Waals surface area contributed by atoms with Crippen molar-refractivity contribution >= 4 is 33.5 Å². The maximum Gasteiger partial charge on any atom is 0.133 e. The molecule has 2 nitrogen and oxygen atoms in total. The number of hydrogen-bond acceptors (Lipinski definition) is 2. The quantitative estimate of drug-likeness (QED) is 0.288. The normalized spacial score (nSPS) is 30.3. The third-order valence-corrected chi connectivity index (χ3v) is 6.49. The van der Waals surface area contributed by atoms with Crippen molar-refractivity contribution < 1.29 is 4.55 Å². The van der Waals surface area contributed by atoms with Crippen LogP contribution in [0.15, 0.2) is 4.40 Å². The van der Waals surface area contributed by atoms with Crippen molar-refractivity contribution in [2.75, 3.05) is 5.75 Å². The standard InChI is InChI=1S/C19H36BrNOS/c1-3-4-15-23(22)21-17-18-13-11-9-7-5-6-8-10-12-14-19(2,20)16-18/h17-18H,3-16H2,1-2H3. The molecule has 23 heavy (non-hydrogen) atoms. The van der Waals surface area contributed by atoms with Crippen molar-refractivity contribution in [3.63, 3.8) is 0 Å². The van der Waals surface area contributed by atoms with E-state index in [1.54, 1.807) is 0 Å². The molecule has 3 unspecified atom stereocenters. The average molecular weight is 406 g/mol. The Bertz CT molecular complexity index is 322. The molecule has 0 saturated heterocycles. The van der Waals surface area contributed by atoms with Crippen LogP contribution in [0.25, 0.3) is 0 Å². The first-order chi connectivity index (χ1) is 11.0. The molecular formula is C19H36BrNOS. The van der Waals surface area contributed by atoms with Gasteiger partial charge in [0.1, 0.15) is 5.75 Å². The SMILES string of the molecule is CCCC[S+]([O-])N=CC1CCCCCCCCCCC(C)(Br)C1. The minimum absolute atomic E-state index is 0.197. The highest BCUT2D eigenvalue weighted by Gasteiger charge is 2.24. The van der Waals surface area contributed by atoms with Gasteiger partial charge in [-0.2, -0.15) is 0 Å². The van der Waals surface area contributed by atoms with Gasteiger partial charge in [-0.25, -0.2) is 0 Å². The molecule has 136 valence electrons. The molecule has 0 N–H and O–H groups in total. The Morgan fingerprint density at radius 1 is 1.13 bits per heavy atom. The van der Waals surface area contributed by atoms with Gasteiger partial charge < -0.3 is 4.55 Å². The van der Waals surface area contributed by atoms with Crippen LogP contribution in [0.3, 0.4) is 0 Å². The topological polar surface area (TPSA) is 35.4 Å². The van der Waals surface area contributed by atoms with Crippen LogP contribution in [0.1, 0.15) is 97.3 Å². The van der Waals surface area contributed by atoms with E-state index in [4.69, 9.17) is 0 Å². The minimum Gasteiger partial charge on any atom is -0.591 e. The molecule has 1 aliphatic rings. The monoisotopic (exact) mass is 405 g/mol. The predicted octanol–water partition coefficient (Wildman–Crippen LogP) is 6.60. The highest BCUT2D eigenvalue weighted by atomic mass is 79.9. The van der Waals surface area contributed by atoms with E-state index >= 15 is 0 Å². The van der Waals surface area contributed by atoms with Crippen LogP contribution in [0.2, 0.25) is 0 Å². The Balaban J connectivity index is 2.56. The Kier molecular flexibility index (Phi) is 11.9. The lowest BCUT2D eigenvalue weighted by molar-refractivity contribution is 0.444. The summed E-state index contributed by atoms with van der Waals surface area (Å²) in [7, 11) is 0. The maximum absolute atomic E-state index is 11.9. The third kappa shape index (κ3) is 11.6. The van der Waals surface area contributed by atoms with Crippen molar-refractivity contribution in [1.29, 1.82) is 0 Å². The van der Waals surface area contributed by atoms with E-state index < -0.39 is 11.4 Å². The van der Waals surface area contributed by atoms with Gasteiger partial charge in [-0.05, 0) is 32.6 Å². The first-order valence-corrected chi connectivity index (χ1v) is 11.7. The second-order valence-corrected chi connectivity index (χ2v) is 10.6. The van der Waals surface area contributed by atoms with E-state index in [0.29, 0.717) is 11.7 Å². The lowest BCUT2D eigenvalue weighted by atomic mass is 9.89. The second kappa shape index (κ2) is 12.8. The van der Waals surface area contributed by atoms with Crippen molar-refractivity contribution in [2.24, 2.45) is 10.3 Å². The molecule has 0 aliphatic heterocycles. The molecule has 0 aromatic carbocycles. The van der Waals surface area contributed by atoms with Gasteiger partial charge in [0.05, 0.1) is 17.6 Å². The third-order valence-electron chi connectivity index (χ3n) is 4.77. The van der Waals surface area contributed by atoms with Gasteiger partial charge in [-0.15, -0.1) is 0 Å². The first-order valence-electron chi connectivity index (χ1n) is 9.65. The summed E-state index contributed by atoms with van der Waals surface area (Å²) in [6, 6.07) is 0. The molecule has 1 fully saturated rings. The van der Waals surface area contributed by atoms with Gasteiger partial charge in [0.25, 0.3) is 0 Å². The number of unbranched alkanes of at least 4 members (excludes halogenated alkanes) is 1. The summed E-state index contributed by atoms with van der Waals surface area (Å²) in [6.07, 6.45) is 18.5. The van der Waals surface area contributed by atoms with Crippen molar-refractivity contribution in [2.45, 2.75) is 102 Å². The molecular weight excluding hydrogens is 370 g/mol. The predicted molar refractivity (Wildman–Crippen MR) is 108 cm³/mol. The summed E-state index contributed by atoms with van der Waals surface area (Å²) in [4.78, 5) is 0. The summed E-state index contributed by atoms with van der Waals surface area (Å²) < 4.78 is 16.5. The number of halogens is 1. The van der Waals surface area contributed by atoms with Gasteiger partial charge in [0.15, 0.2) is 0 Å². The van der Waals surface area contributed by atoms with Crippen LogP contribution >= 0.6 is 15.9 Å². The lowest BCUT2D eigenvalue weighted by Crippen LogP contribution is -2.22. The summed E-state index contributed by atoms with van der Waals surface area (Å²) in [5.41, 5.74) is 0. The molecule has 1 saturated carbocycles. The van der Waals surface area contributed by atoms with Crippen LogP contribution in [0.4, 0.5) is 0 Å². The molecule has 0 aromatic heterocycles. The molecule has 0 bridgehead atoms. The van der Waals surface area contributed by atoms with Gasteiger partial charge in [0.2, 0.25) is 0 Å². The van der Waals surface area contributed by atoms with Crippen LogP contribution < -0.4 is 0 Å². The van der Waals surface area contributed by atoms with E-state index in [-0.39, 0.29) is 4.32 Å². The summed E-state index contributed by atoms with van der Waals surface area (Å²) in [6.45, 7) is 4.45. The zero-order valence-corrected chi connectivity index (χ0v) is 17.6. The average Bonchev–Trinajstić information content (AvgIpc) is 2.52. The minimum atomic E-state index is -1.02. The number of alkyl halides is 1. The fourth-order valence-corrected chi connectivity index (χ4v) is 4.96. The largest absolute Gasteiger partial charge is 0.591 e. The maximum atomic E-state index is 11.9. The first kappa shape index (κ1) is 21.5. The zero-order valence-electron chi connectivity index (χ0n) is 15.2. The summed E-state index contributed by atoms with van der Waals surface area (Å²) in [5.74, 6) is 1.18. The summed E-state index contributed by atoms with van der Waals surface area (Å²) in [5, 5.41) is 0. The van der Waals surface area contributed by atoms with Crippen molar-refractivity contribution in [3.05, 3.63) is 0 Å². The highest BCUT2D eigenvalue weighted by molar-refractivity contribution is 9.10. The van der Waals surface area contributed by atoms with E-state index in [0.717, 1.165) is 19.3 Å². The molecule has 0 aromatic rings. The van der Waals surface area contributed by atoms with Crippen LogP contribution in [0, 0.1) is 5.92 Å². The van der Waals surface area contributed by atoms with E-state index in [9.17, 15) is 4.55 Å². The van der Waals surface area contributed by atoms with Gasteiger partial charge in [0, 0.05) is 10.2 Å². The van der Waals surface area contributed by atoms with Gasteiger partial charge >= 0.3 is 0 Å². The fraction of sp³-hybridized carbons (Fsp3) is 0.947. The van der Waals surface area contributed by atoms with Gasteiger partial charge in [-0.1, -0.05) is 85.0 Å². The molecule has 0 radical (unpaired) electrons. The van der Waals surface area contributed by atoms with Crippen LogP contribution in [0.5, 0.6) is 0 Å². The van der Waals surface area contributed by atoms with Crippen LogP contribution in [-0.4, -0.2) is 20.8 Å². The van der Waals surface area contributed by atoms with E-state index in [2.05, 4.69) is 34.2 Å². The Morgan fingerprint density at radius 2 is 1.74 bits per heavy atom. The molecule has 0 amide bonds. The van der Waals surface area contributed by atoms with Gasteiger partial charge in [-0.3, -0.25) is 0 Å². The lowest BCUT2D eigenvalue weighted by Gasteiger charge is -2.26. The van der Waals surface area contributed by atoms with Crippen molar-refractivity contribution in [3.8, 4) is 0 Å². The molecule has 4 heteroatoms. The fourth-order valence-electron chi connectivity index (χ4n) is 3.31. The molecule has 3 atom stereocenters. The number of rotatable bonds is 5. The zero-order chi connectivity index (χ0) is 17.0. The molecule has 0 heterocycles. The van der Waals surface area contributed by atoms with E-state index in [1.807, 2.05) is 6.21 Å². The Morgan fingerprint density at radius 3 is 2.39 bits per heavy atom. The smallest absolute Gasteiger partial charge is 0.133 e. The molecule has 1 aliphatic carbocycles. The summed E-state index contributed by atoms with van der Waals surface area (Å²) >= 11 is 2.93. The molecule has 0 spiro atoms.